The van der Waals surface area contributed by atoms with Crippen molar-refractivity contribution < 1.29 is 14.2 Å². The van der Waals surface area contributed by atoms with Crippen LogP contribution in [-0.2, 0) is 14.2 Å². The fourth-order valence-corrected chi connectivity index (χ4v) is 1.84. The minimum Gasteiger partial charge on any atom is -0.367 e. The third-order valence-electron chi connectivity index (χ3n) is 2.44. The van der Waals surface area contributed by atoms with Crippen LogP contribution in [0.2, 0.25) is 0 Å². The van der Waals surface area contributed by atoms with Gasteiger partial charge in [-0.1, -0.05) is 0 Å². The van der Waals surface area contributed by atoms with Gasteiger partial charge >= 0.3 is 0 Å². The molecule has 0 unspecified atom stereocenters. The van der Waals surface area contributed by atoms with E-state index in [-0.39, 0.29) is 11.9 Å². The number of hydrogen-bond donors (Lipinski definition) is 0. The Morgan fingerprint density at radius 2 is 2.00 bits per heavy atom. The molecule has 1 saturated heterocycles. The summed E-state index contributed by atoms with van der Waals surface area (Å²) in [5.41, 5.74) is -0.261. The fraction of sp³-hybridized carbons (Fsp3) is 1.00. The molecule has 0 aliphatic carbocycles. The molecule has 0 aromatic carbocycles. The fourth-order valence-electron chi connectivity index (χ4n) is 1.84. The maximum absolute atomic E-state index is 5.74. The molecule has 1 heterocycles. The highest BCUT2D eigenvalue weighted by atomic mass is 16.7. The Morgan fingerprint density at radius 1 is 1.42 bits per heavy atom. The first-order chi connectivity index (χ1) is 5.62. The second-order valence-electron chi connectivity index (χ2n) is 3.58. The number of methoxy groups -OCH3 is 2. The van der Waals surface area contributed by atoms with Crippen molar-refractivity contribution in [2.45, 2.75) is 44.7 Å². The van der Waals surface area contributed by atoms with E-state index in [1.54, 1.807) is 14.2 Å². The molecule has 0 saturated carbocycles. The molecule has 12 heavy (non-hydrogen) atoms. The highest BCUT2D eigenvalue weighted by Gasteiger charge is 2.41. The van der Waals surface area contributed by atoms with Gasteiger partial charge in [-0.15, -0.1) is 0 Å². The van der Waals surface area contributed by atoms with Gasteiger partial charge in [0.05, 0.1) is 6.10 Å². The van der Waals surface area contributed by atoms with Crippen LogP contribution in [0.5, 0.6) is 0 Å². The lowest BCUT2D eigenvalue weighted by molar-refractivity contribution is -0.219. The first-order valence-electron chi connectivity index (χ1n) is 4.36. The van der Waals surface area contributed by atoms with Crippen molar-refractivity contribution in [2.24, 2.45) is 0 Å². The average Bonchev–Trinajstić information content (AvgIpc) is 2.34. The van der Waals surface area contributed by atoms with E-state index in [9.17, 15) is 0 Å². The Kier molecular flexibility index (Phi) is 3.09. The lowest BCUT2D eigenvalue weighted by atomic mass is 10.0. The molecule has 0 amide bonds. The van der Waals surface area contributed by atoms with E-state index < -0.39 is 0 Å². The maximum Gasteiger partial charge on any atom is 0.185 e. The van der Waals surface area contributed by atoms with Crippen molar-refractivity contribution in [3.63, 3.8) is 0 Å². The van der Waals surface area contributed by atoms with Crippen LogP contribution in [0, 0.1) is 0 Å². The molecule has 1 aliphatic heterocycles. The summed E-state index contributed by atoms with van der Waals surface area (Å²) in [7, 11) is 3.29. The summed E-state index contributed by atoms with van der Waals surface area (Å²) in [6.45, 7) is 4.11. The number of ether oxygens (including phenoxy) is 3. The Balaban J connectivity index is 2.58. The molecule has 3 heteroatoms. The summed E-state index contributed by atoms with van der Waals surface area (Å²) in [6.07, 6.45) is 2.16. The van der Waals surface area contributed by atoms with Crippen molar-refractivity contribution in [1.82, 2.24) is 0 Å². The van der Waals surface area contributed by atoms with Crippen molar-refractivity contribution >= 4 is 0 Å². The second kappa shape index (κ2) is 3.73. The van der Waals surface area contributed by atoms with Gasteiger partial charge in [0.1, 0.15) is 5.60 Å². The number of rotatable bonds is 3. The third kappa shape index (κ3) is 1.79. The lowest BCUT2D eigenvalue weighted by Gasteiger charge is -2.31. The van der Waals surface area contributed by atoms with Crippen LogP contribution in [0.3, 0.4) is 0 Å². The molecule has 0 N–H and O–H groups in total. The van der Waals surface area contributed by atoms with E-state index in [0.29, 0.717) is 6.10 Å². The molecule has 0 radical (unpaired) electrons. The summed E-state index contributed by atoms with van der Waals surface area (Å²) in [6, 6.07) is 0. The third-order valence-corrected chi connectivity index (χ3v) is 2.44. The van der Waals surface area contributed by atoms with Crippen molar-refractivity contribution in [3.8, 4) is 0 Å². The molecule has 0 spiro atoms. The van der Waals surface area contributed by atoms with Crippen molar-refractivity contribution in [2.75, 3.05) is 14.2 Å². The summed E-state index contributed by atoms with van der Waals surface area (Å²) in [5.74, 6) is 0. The van der Waals surface area contributed by atoms with Crippen LogP contribution in [0.25, 0.3) is 0 Å². The molecular weight excluding hydrogens is 156 g/mol. The molecule has 1 fully saturated rings. The molecule has 3 nitrogen and oxygen atoms in total. The zero-order valence-corrected chi connectivity index (χ0v) is 8.29. The average molecular weight is 174 g/mol. The molecular formula is C9H18O3. The first-order valence-corrected chi connectivity index (χ1v) is 4.36. The predicted molar refractivity (Wildman–Crippen MR) is 46.0 cm³/mol. The van der Waals surface area contributed by atoms with Gasteiger partial charge in [-0.25, -0.2) is 0 Å². The summed E-state index contributed by atoms with van der Waals surface area (Å²) in [5, 5.41) is 0. The van der Waals surface area contributed by atoms with Crippen molar-refractivity contribution in [3.05, 3.63) is 0 Å². The molecule has 2 atom stereocenters. The topological polar surface area (TPSA) is 27.7 Å². The van der Waals surface area contributed by atoms with Crippen LogP contribution < -0.4 is 0 Å². The SMILES string of the molecule is COC(OC)[C@@]1(C)CC[C@@H](C)O1. The van der Waals surface area contributed by atoms with Gasteiger partial charge < -0.3 is 14.2 Å². The monoisotopic (exact) mass is 174 g/mol. The van der Waals surface area contributed by atoms with Crippen LogP contribution in [0.15, 0.2) is 0 Å². The van der Waals surface area contributed by atoms with E-state index in [2.05, 4.69) is 6.92 Å². The van der Waals surface area contributed by atoms with Gasteiger partial charge in [-0.2, -0.15) is 0 Å². The minimum absolute atomic E-state index is 0.248. The lowest BCUT2D eigenvalue weighted by Crippen LogP contribution is -2.41. The quantitative estimate of drug-likeness (QED) is 0.608. The molecule has 0 aromatic rings. The first kappa shape index (κ1) is 9.96. The van der Waals surface area contributed by atoms with Crippen LogP contribution >= 0.6 is 0 Å². The van der Waals surface area contributed by atoms with Gasteiger partial charge in [-0.05, 0) is 26.7 Å². The molecule has 0 aromatic heterocycles. The number of hydrogen-bond acceptors (Lipinski definition) is 3. The van der Waals surface area contributed by atoms with Crippen LogP contribution in [0.4, 0.5) is 0 Å². The van der Waals surface area contributed by atoms with E-state index >= 15 is 0 Å². The van der Waals surface area contributed by atoms with Gasteiger partial charge in [0.2, 0.25) is 0 Å². The smallest absolute Gasteiger partial charge is 0.185 e. The highest BCUT2D eigenvalue weighted by Crippen LogP contribution is 2.34. The zero-order chi connectivity index (χ0) is 9.19. The van der Waals surface area contributed by atoms with Crippen LogP contribution in [0.1, 0.15) is 26.7 Å². The standard InChI is InChI=1S/C9H18O3/c1-7-5-6-9(2,12-7)8(10-3)11-4/h7-8H,5-6H2,1-4H3/t7-,9-/m1/s1. The minimum atomic E-state index is -0.261. The van der Waals surface area contributed by atoms with Gasteiger partial charge in [0.25, 0.3) is 0 Å². The van der Waals surface area contributed by atoms with E-state index in [4.69, 9.17) is 14.2 Å². The predicted octanol–water partition coefficient (Wildman–Crippen LogP) is 1.56. The zero-order valence-electron chi connectivity index (χ0n) is 8.29. The maximum atomic E-state index is 5.74. The highest BCUT2D eigenvalue weighted by molar-refractivity contribution is 4.86. The summed E-state index contributed by atoms with van der Waals surface area (Å²) < 4.78 is 16.1. The Hall–Kier alpha value is -0.120. The van der Waals surface area contributed by atoms with Crippen molar-refractivity contribution in [1.29, 1.82) is 0 Å². The van der Waals surface area contributed by atoms with Crippen LogP contribution in [-0.4, -0.2) is 32.2 Å². The summed E-state index contributed by atoms with van der Waals surface area (Å²) in [4.78, 5) is 0. The van der Waals surface area contributed by atoms with Gasteiger partial charge in [0, 0.05) is 14.2 Å². The van der Waals surface area contributed by atoms with E-state index in [1.807, 2.05) is 6.92 Å². The molecule has 1 rings (SSSR count). The molecule has 1 aliphatic rings. The second-order valence-corrected chi connectivity index (χ2v) is 3.58. The normalized spacial score (nSPS) is 36.2. The Morgan fingerprint density at radius 3 is 2.33 bits per heavy atom. The summed E-state index contributed by atoms with van der Waals surface area (Å²) >= 11 is 0. The largest absolute Gasteiger partial charge is 0.367 e. The van der Waals surface area contributed by atoms with E-state index in [0.717, 1.165) is 12.8 Å². The van der Waals surface area contributed by atoms with E-state index in [1.165, 1.54) is 0 Å². The Bertz CT molecular complexity index is 145. The molecule has 0 bridgehead atoms. The van der Waals surface area contributed by atoms with Gasteiger partial charge in [-0.3, -0.25) is 0 Å². The molecule has 72 valence electrons. The van der Waals surface area contributed by atoms with Gasteiger partial charge in [0.15, 0.2) is 6.29 Å². The Labute approximate surface area is 74.0 Å².